The zero-order valence-corrected chi connectivity index (χ0v) is 10.5. The molecule has 5 heteroatoms. The topological polar surface area (TPSA) is 37.4 Å². The Labute approximate surface area is 87.0 Å². The van der Waals surface area contributed by atoms with Crippen molar-refractivity contribution >= 4 is 9.84 Å². The maximum Gasteiger partial charge on any atom is 0.157 e. The standard InChI is InChI=1S/C9H21N2O2S/c1-10(2)8-6-14(12,13)7-9(8)11(3,4)5/h8-9H,6-7H2,1-5H3/q+1/t8-,9-/m1/s1. The normalized spacial score (nSPS) is 32.4. The summed E-state index contributed by atoms with van der Waals surface area (Å²) in [7, 11) is 7.25. The minimum Gasteiger partial charge on any atom is -0.326 e. The molecule has 1 aliphatic heterocycles. The van der Waals surface area contributed by atoms with Crippen molar-refractivity contribution in [2.24, 2.45) is 0 Å². The summed E-state index contributed by atoms with van der Waals surface area (Å²) in [4.78, 5) is 2.03. The Bertz CT molecular complexity index is 303. The van der Waals surface area contributed by atoms with Crippen LogP contribution in [-0.2, 0) is 9.84 Å². The lowest BCUT2D eigenvalue weighted by atomic mass is 10.1. The van der Waals surface area contributed by atoms with E-state index in [2.05, 4.69) is 21.1 Å². The molecule has 0 saturated carbocycles. The maximum absolute atomic E-state index is 11.6. The second-order valence-corrected chi connectivity index (χ2v) is 7.45. The largest absolute Gasteiger partial charge is 0.326 e. The zero-order chi connectivity index (χ0) is 11.1. The van der Waals surface area contributed by atoms with Gasteiger partial charge in [-0.1, -0.05) is 0 Å². The predicted molar refractivity (Wildman–Crippen MR) is 57.9 cm³/mol. The van der Waals surface area contributed by atoms with Crippen molar-refractivity contribution in [1.82, 2.24) is 4.90 Å². The molecule has 1 heterocycles. The highest BCUT2D eigenvalue weighted by Crippen LogP contribution is 2.23. The Morgan fingerprint density at radius 1 is 1.14 bits per heavy atom. The van der Waals surface area contributed by atoms with Gasteiger partial charge >= 0.3 is 0 Å². The van der Waals surface area contributed by atoms with Crippen LogP contribution in [0.5, 0.6) is 0 Å². The lowest BCUT2D eigenvalue weighted by Crippen LogP contribution is -2.55. The van der Waals surface area contributed by atoms with Crippen LogP contribution >= 0.6 is 0 Å². The van der Waals surface area contributed by atoms with Crippen molar-refractivity contribution < 1.29 is 12.9 Å². The molecule has 0 aromatic rings. The number of sulfone groups is 1. The predicted octanol–water partition coefficient (Wildman–Crippen LogP) is -0.580. The maximum atomic E-state index is 11.6. The molecule has 0 amide bonds. The van der Waals surface area contributed by atoms with Crippen LogP contribution < -0.4 is 0 Å². The summed E-state index contributed by atoms with van der Waals surface area (Å²) in [6.07, 6.45) is 0. The van der Waals surface area contributed by atoms with E-state index in [1.807, 2.05) is 19.0 Å². The van der Waals surface area contributed by atoms with Gasteiger partial charge in [-0.25, -0.2) is 8.42 Å². The SMILES string of the molecule is CN(C)[C@@H]1CS(=O)(=O)C[C@H]1[N+](C)(C)C. The van der Waals surface area contributed by atoms with E-state index in [4.69, 9.17) is 0 Å². The van der Waals surface area contributed by atoms with Crippen LogP contribution in [0.2, 0.25) is 0 Å². The van der Waals surface area contributed by atoms with Gasteiger partial charge < -0.3 is 9.38 Å². The molecule has 0 aliphatic carbocycles. The molecule has 0 radical (unpaired) electrons. The van der Waals surface area contributed by atoms with E-state index in [9.17, 15) is 8.42 Å². The highest BCUT2D eigenvalue weighted by atomic mass is 32.2. The number of hydrogen-bond acceptors (Lipinski definition) is 3. The van der Waals surface area contributed by atoms with Crippen molar-refractivity contribution in [3.05, 3.63) is 0 Å². The number of likely N-dealkylation sites (N-methyl/N-ethyl adjacent to an activating group) is 2. The van der Waals surface area contributed by atoms with E-state index < -0.39 is 9.84 Å². The van der Waals surface area contributed by atoms with Crippen LogP contribution in [0.25, 0.3) is 0 Å². The molecule has 1 rings (SSSR count). The van der Waals surface area contributed by atoms with Crippen molar-refractivity contribution in [1.29, 1.82) is 0 Å². The molecule has 0 N–H and O–H groups in total. The lowest BCUT2D eigenvalue weighted by molar-refractivity contribution is -0.894. The Kier molecular flexibility index (Phi) is 2.96. The van der Waals surface area contributed by atoms with Crippen LogP contribution in [0, 0.1) is 0 Å². The summed E-state index contributed by atoms with van der Waals surface area (Å²) in [5.41, 5.74) is 0. The summed E-state index contributed by atoms with van der Waals surface area (Å²) >= 11 is 0. The first-order chi connectivity index (χ1) is 6.13. The molecule has 0 unspecified atom stereocenters. The van der Waals surface area contributed by atoms with Gasteiger partial charge in [0.15, 0.2) is 9.84 Å². The molecule has 2 atom stereocenters. The first-order valence-corrected chi connectivity index (χ1v) is 6.63. The molecule has 0 aromatic carbocycles. The van der Waals surface area contributed by atoms with Gasteiger partial charge in [0.1, 0.15) is 11.8 Å². The average Bonchev–Trinajstić information content (AvgIpc) is 2.24. The van der Waals surface area contributed by atoms with Gasteiger partial charge in [0.05, 0.1) is 32.9 Å². The molecule has 0 spiro atoms. The van der Waals surface area contributed by atoms with Crippen LogP contribution in [-0.4, -0.2) is 76.6 Å². The first-order valence-electron chi connectivity index (χ1n) is 4.81. The Morgan fingerprint density at radius 2 is 1.64 bits per heavy atom. The van der Waals surface area contributed by atoms with Crippen LogP contribution in [0.4, 0.5) is 0 Å². The summed E-state index contributed by atoms with van der Waals surface area (Å²) in [6.45, 7) is 0. The van der Waals surface area contributed by atoms with Gasteiger partial charge in [0.25, 0.3) is 0 Å². The van der Waals surface area contributed by atoms with E-state index >= 15 is 0 Å². The molecule has 1 fully saturated rings. The molecular formula is C9H21N2O2S+. The minimum absolute atomic E-state index is 0.153. The van der Waals surface area contributed by atoms with Gasteiger partial charge in [0.2, 0.25) is 0 Å². The fourth-order valence-electron chi connectivity index (χ4n) is 2.04. The van der Waals surface area contributed by atoms with Crippen molar-refractivity contribution in [3.63, 3.8) is 0 Å². The van der Waals surface area contributed by atoms with Crippen molar-refractivity contribution in [3.8, 4) is 0 Å². The Hall–Kier alpha value is -0.130. The summed E-state index contributed by atoms with van der Waals surface area (Å²) in [5, 5.41) is 0. The molecule has 1 aliphatic rings. The molecule has 84 valence electrons. The summed E-state index contributed by atoms with van der Waals surface area (Å²) in [6, 6.07) is 0.343. The number of rotatable bonds is 2. The monoisotopic (exact) mass is 221 g/mol. The van der Waals surface area contributed by atoms with Gasteiger partial charge in [-0.2, -0.15) is 0 Å². The molecule has 0 bridgehead atoms. The lowest BCUT2D eigenvalue weighted by Gasteiger charge is -2.36. The van der Waals surface area contributed by atoms with Crippen LogP contribution in [0.15, 0.2) is 0 Å². The number of hydrogen-bond donors (Lipinski definition) is 0. The molecule has 4 nitrogen and oxygen atoms in total. The quantitative estimate of drug-likeness (QED) is 0.586. The third kappa shape index (κ3) is 2.46. The van der Waals surface area contributed by atoms with Gasteiger partial charge in [-0.05, 0) is 14.1 Å². The molecular weight excluding hydrogens is 200 g/mol. The Balaban J connectivity index is 2.95. The van der Waals surface area contributed by atoms with E-state index in [0.717, 1.165) is 0 Å². The molecule has 0 aromatic heterocycles. The first kappa shape index (κ1) is 11.9. The van der Waals surface area contributed by atoms with E-state index in [1.54, 1.807) is 0 Å². The van der Waals surface area contributed by atoms with Gasteiger partial charge in [-0.3, -0.25) is 0 Å². The van der Waals surface area contributed by atoms with Crippen LogP contribution in [0.1, 0.15) is 0 Å². The van der Waals surface area contributed by atoms with Crippen molar-refractivity contribution in [2.75, 3.05) is 46.7 Å². The zero-order valence-electron chi connectivity index (χ0n) is 9.69. The van der Waals surface area contributed by atoms with E-state index in [1.165, 1.54) is 0 Å². The van der Waals surface area contributed by atoms with E-state index in [-0.39, 0.29) is 12.1 Å². The molecule has 1 saturated heterocycles. The van der Waals surface area contributed by atoms with Gasteiger partial charge in [-0.15, -0.1) is 0 Å². The third-order valence-electron chi connectivity index (χ3n) is 2.95. The summed E-state index contributed by atoms with van der Waals surface area (Å²) in [5.74, 6) is 0.625. The minimum atomic E-state index is -2.83. The average molecular weight is 221 g/mol. The van der Waals surface area contributed by atoms with E-state index in [0.29, 0.717) is 16.0 Å². The highest BCUT2D eigenvalue weighted by molar-refractivity contribution is 7.91. The highest BCUT2D eigenvalue weighted by Gasteiger charge is 2.46. The second kappa shape index (κ2) is 3.47. The summed E-state index contributed by atoms with van der Waals surface area (Å²) < 4.78 is 23.8. The fourth-order valence-corrected chi connectivity index (χ4v) is 4.41. The number of quaternary nitrogens is 1. The smallest absolute Gasteiger partial charge is 0.157 e. The fraction of sp³-hybridized carbons (Fsp3) is 1.00. The second-order valence-electron chi connectivity index (χ2n) is 5.29. The van der Waals surface area contributed by atoms with Gasteiger partial charge in [0, 0.05) is 0 Å². The number of nitrogens with zero attached hydrogens (tertiary/aromatic N) is 2. The van der Waals surface area contributed by atoms with Crippen LogP contribution in [0.3, 0.4) is 0 Å². The Morgan fingerprint density at radius 3 is 1.93 bits per heavy atom. The molecule has 14 heavy (non-hydrogen) atoms. The van der Waals surface area contributed by atoms with Crippen molar-refractivity contribution in [2.45, 2.75) is 12.1 Å². The third-order valence-corrected chi connectivity index (χ3v) is 4.65.